The van der Waals surface area contributed by atoms with Gasteiger partial charge < -0.3 is 14.9 Å². The molecule has 0 spiro atoms. The van der Waals surface area contributed by atoms with Crippen LogP contribution in [0.25, 0.3) is 10.4 Å². The summed E-state index contributed by atoms with van der Waals surface area (Å²) in [6.45, 7) is 1.54. The first-order valence-corrected chi connectivity index (χ1v) is 7.25. The van der Waals surface area contributed by atoms with E-state index in [1.807, 2.05) is 30.3 Å². The number of ether oxygens (including phenoxy) is 1. The van der Waals surface area contributed by atoms with Crippen molar-refractivity contribution in [3.8, 4) is 0 Å². The van der Waals surface area contributed by atoms with Crippen LogP contribution in [0.2, 0.25) is 0 Å². The summed E-state index contributed by atoms with van der Waals surface area (Å²) >= 11 is 1.43. The fourth-order valence-corrected chi connectivity index (χ4v) is 3.45. The van der Waals surface area contributed by atoms with Crippen molar-refractivity contribution >= 4 is 11.8 Å². The van der Waals surface area contributed by atoms with E-state index in [1.54, 1.807) is 6.92 Å². The first-order chi connectivity index (χ1) is 9.67. The molecular formula is C13H17N3O3S. The van der Waals surface area contributed by atoms with Crippen LogP contribution in [-0.4, -0.2) is 40.5 Å². The number of rotatable bonds is 4. The highest BCUT2D eigenvalue weighted by molar-refractivity contribution is 7.99. The summed E-state index contributed by atoms with van der Waals surface area (Å²) in [6, 6.07) is 9.13. The average Bonchev–Trinajstić information content (AvgIpc) is 2.47. The maximum Gasteiger partial charge on any atom is 0.117 e. The first kappa shape index (κ1) is 15.2. The van der Waals surface area contributed by atoms with Gasteiger partial charge in [-0.1, -0.05) is 42.0 Å². The third-order valence-electron chi connectivity index (χ3n) is 3.41. The lowest BCUT2D eigenvalue weighted by Gasteiger charge is -2.41. The SMILES string of the molecule is CC1[C@@H](O)C(CO)O[C@@H](Sc2ccccc2)[C@@H]1N=[N+]=[N-]. The monoisotopic (exact) mass is 295 g/mol. The molecule has 0 aromatic heterocycles. The molecule has 0 saturated carbocycles. The molecule has 2 rings (SSSR count). The summed E-state index contributed by atoms with van der Waals surface area (Å²) in [7, 11) is 0. The van der Waals surface area contributed by atoms with Gasteiger partial charge in [0, 0.05) is 9.81 Å². The summed E-state index contributed by atoms with van der Waals surface area (Å²) in [4.78, 5) is 3.83. The second kappa shape index (κ2) is 6.97. The molecule has 1 aromatic carbocycles. The normalized spacial score (nSPS) is 33.5. The van der Waals surface area contributed by atoms with Crippen molar-refractivity contribution in [3.05, 3.63) is 40.8 Å². The van der Waals surface area contributed by atoms with Crippen molar-refractivity contribution in [2.24, 2.45) is 11.0 Å². The highest BCUT2D eigenvalue weighted by atomic mass is 32.2. The van der Waals surface area contributed by atoms with E-state index in [0.29, 0.717) is 0 Å². The molecule has 1 heterocycles. The van der Waals surface area contributed by atoms with E-state index in [2.05, 4.69) is 10.0 Å². The van der Waals surface area contributed by atoms with Gasteiger partial charge in [0.05, 0.1) is 18.8 Å². The molecule has 0 aliphatic carbocycles. The number of azide groups is 1. The number of thioether (sulfide) groups is 1. The number of hydrogen-bond acceptors (Lipinski definition) is 5. The van der Waals surface area contributed by atoms with Crippen LogP contribution in [0.15, 0.2) is 40.3 Å². The molecule has 1 saturated heterocycles. The third-order valence-corrected chi connectivity index (χ3v) is 4.57. The van der Waals surface area contributed by atoms with Gasteiger partial charge in [-0.3, -0.25) is 0 Å². The second-order valence-corrected chi connectivity index (χ2v) is 5.87. The Morgan fingerprint density at radius 3 is 2.70 bits per heavy atom. The van der Waals surface area contributed by atoms with Crippen molar-refractivity contribution in [3.63, 3.8) is 0 Å². The zero-order valence-corrected chi connectivity index (χ0v) is 11.8. The van der Waals surface area contributed by atoms with Crippen molar-refractivity contribution in [2.45, 2.75) is 35.5 Å². The summed E-state index contributed by atoms with van der Waals surface area (Å²) in [6.07, 6.45) is -1.50. The van der Waals surface area contributed by atoms with Gasteiger partial charge in [0.25, 0.3) is 0 Å². The minimum Gasteiger partial charge on any atom is -0.394 e. The first-order valence-electron chi connectivity index (χ1n) is 6.37. The number of aliphatic hydroxyl groups excluding tert-OH is 2. The van der Waals surface area contributed by atoms with Crippen molar-refractivity contribution in [1.29, 1.82) is 0 Å². The van der Waals surface area contributed by atoms with Gasteiger partial charge in [-0.15, -0.1) is 0 Å². The largest absolute Gasteiger partial charge is 0.394 e. The van der Waals surface area contributed by atoms with E-state index < -0.39 is 23.7 Å². The average molecular weight is 295 g/mol. The molecule has 1 aliphatic heterocycles. The zero-order chi connectivity index (χ0) is 14.5. The van der Waals surface area contributed by atoms with E-state index >= 15 is 0 Å². The molecule has 0 amide bonds. The van der Waals surface area contributed by atoms with Crippen LogP contribution in [-0.2, 0) is 4.74 Å². The Morgan fingerprint density at radius 1 is 1.40 bits per heavy atom. The van der Waals surface area contributed by atoms with Gasteiger partial charge in [-0.05, 0) is 23.6 Å². The van der Waals surface area contributed by atoms with Gasteiger partial charge >= 0.3 is 0 Å². The predicted molar refractivity (Wildman–Crippen MR) is 76.2 cm³/mol. The Morgan fingerprint density at radius 2 is 2.10 bits per heavy atom. The van der Waals surface area contributed by atoms with E-state index in [0.717, 1.165) is 4.90 Å². The van der Waals surface area contributed by atoms with Gasteiger partial charge in [-0.25, -0.2) is 0 Å². The number of hydrogen-bond donors (Lipinski definition) is 2. The zero-order valence-electron chi connectivity index (χ0n) is 11.0. The van der Waals surface area contributed by atoms with E-state index in [-0.39, 0.29) is 12.5 Å². The molecule has 2 N–H and O–H groups in total. The standard InChI is InChI=1S/C13H17N3O3S/c1-8-11(15-16-14)13(19-10(7-17)12(8)18)20-9-5-3-2-4-6-9/h2-6,8,10-13,17-18H,7H2,1H3/t8?,10?,11-,12-,13+/m1/s1. The molecule has 5 atom stereocenters. The Hall–Kier alpha value is -1.24. The third kappa shape index (κ3) is 3.26. The second-order valence-electron chi connectivity index (χ2n) is 4.70. The highest BCUT2D eigenvalue weighted by Gasteiger charge is 2.42. The van der Waals surface area contributed by atoms with Gasteiger partial charge in [-0.2, -0.15) is 0 Å². The Labute approximate surface area is 121 Å². The lowest BCUT2D eigenvalue weighted by molar-refractivity contribution is -0.137. The molecule has 1 fully saturated rings. The minimum absolute atomic E-state index is 0.264. The highest BCUT2D eigenvalue weighted by Crippen LogP contribution is 2.37. The number of nitrogens with zero attached hydrogens (tertiary/aromatic N) is 3. The Balaban J connectivity index is 2.20. The molecule has 1 aromatic rings. The summed E-state index contributed by atoms with van der Waals surface area (Å²) in [5, 5.41) is 23.1. The lowest BCUT2D eigenvalue weighted by atomic mass is 9.90. The van der Waals surface area contributed by atoms with Crippen molar-refractivity contribution < 1.29 is 14.9 Å². The Bertz CT molecular complexity index is 481. The van der Waals surface area contributed by atoms with E-state index in [4.69, 9.17) is 10.3 Å². The van der Waals surface area contributed by atoms with Gasteiger partial charge in [0.2, 0.25) is 0 Å². The number of benzene rings is 1. The number of aliphatic hydroxyl groups is 2. The maximum absolute atomic E-state index is 10.0. The molecule has 0 bridgehead atoms. The summed E-state index contributed by atoms with van der Waals surface area (Å²) in [5.41, 5.74) is 8.27. The summed E-state index contributed by atoms with van der Waals surface area (Å²) in [5.74, 6) is -0.280. The molecule has 108 valence electrons. The minimum atomic E-state index is -0.844. The molecular weight excluding hydrogens is 278 g/mol. The molecule has 6 nitrogen and oxygen atoms in total. The Kier molecular flexibility index (Phi) is 5.28. The fourth-order valence-electron chi connectivity index (χ4n) is 2.22. The van der Waals surface area contributed by atoms with Crippen LogP contribution in [0.4, 0.5) is 0 Å². The molecule has 7 heteroatoms. The van der Waals surface area contributed by atoms with Crippen LogP contribution < -0.4 is 0 Å². The quantitative estimate of drug-likeness (QED) is 0.505. The van der Waals surface area contributed by atoms with Crippen LogP contribution in [0.3, 0.4) is 0 Å². The van der Waals surface area contributed by atoms with Gasteiger partial charge in [0.15, 0.2) is 0 Å². The van der Waals surface area contributed by atoms with Crippen LogP contribution in [0, 0.1) is 5.92 Å². The van der Waals surface area contributed by atoms with Crippen LogP contribution in [0.1, 0.15) is 6.92 Å². The molecule has 1 aliphatic rings. The molecule has 0 radical (unpaired) electrons. The molecule has 20 heavy (non-hydrogen) atoms. The smallest absolute Gasteiger partial charge is 0.117 e. The maximum atomic E-state index is 10.0. The predicted octanol–water partition coefficient (Wildman–Crippen LogP) is 2.17. The lowest BCUT2D eigenvalue weighted by Crippen LogP contribution is -2.52. The summed E-state index contributed by atoms with van der Waals surface area (Å²) < 4.78 is 5.69. The van der Waals surface area contributed by atoms with E-state index in [9.17, 15) is 10.2 Å². The van der Waals surface area contributed by atoms with Crippen molar-refractivity contribution in [2.75, 3.05) is 6.61 Å². The van der Waals surface area contributed by atoms with Crippen LogP contribution >= 0.6 is 11.8 Å². The molecule has 2 unspecified atom stereocenters. The van der Waals surface area contributed by atoms with Crippen LogP contribution in [0.5, 0.6) is 0 Å². The van der Waals surface area contributed by atoms with Crippen molar-refractivity contribution in [1.82, 2.24) is 0 Å². The topological polar surface area (TPSA) is 98.5 Å². The van der Waals surface area contributed by atoms with Gasteiger partial charge in [0.1, 0.15) is 11.5 Å². The van der Waals surface area contributed by atoms with E-state index in [1.165, 1.54) is 11.8 Å². The fraction of sp³-hybridized carbons (Fsp3) is 0.538.